The van der Waals surface area contributed by atoms with Crippen LogP contribution in [0.3, 0.4) is 0 Å². The van der Waals surface area contributed by atoms with Crippen LogP contribution in [-0.2, 0) is 13.9 Å². The molecule has 0 spiro atoms. The molecule has 0 saturated carbocycles. The van der Waals surface area contributed by atoms with Crippen molar-refractivity contribution in [2.24, 2.45) is 0 Å². The second-order valence-corrected chi connectivity index (χ2v) is 12.7. The standard InChI is InChI=1S/C18H27BO5Si/c1-18(2,3)25(4,5)24-15-14(20)13(23-16(15)19)11-22-17(21)12-9-7-6-8-10-12/h6-10,13-16,20H,11H2,1-5H3/t13-,14+,15?,16-/m1/s1. The van der Waals surface area contributed by atoms with Crippen molar-refractivity contribution >= 4 is 22.1 Å². The molecule has 136 valence electrons. The van der Waals surface area contributed by atoms with Crippen molar-refractivity contribution in [2.45, 2.75) is 63.2 Å². The van der Waals surface area contributed by atoms with Crippen LogP contribution in [0.25, 0.3) is 0 Å². The molecule has 1 N–H and O–H groups in total. The van der Waals surface area contributed by atoms with Gasteiger partial charge >= 0.3 is 5.97 Å². The Morgan fingerprint density at radius 2 is 1.88 bits per heavy atom. The summed E-state index contributed by atoms with van der Waals surface area (Å²) in [6, 6.07) is 7.94. The molecule has 1 aromatic rings. The van der Waals surface area contributed by atoms with Gasteiger partial charge < -0.3 is 19.0 Å². The molecule has 1 saturated heterocycles. The van der Waals surface area contributed by atoms with Gasteiger partial charge in [-0.25, -0.2) is 4.79 Å². The van der Waals surface area contributed by atoms with E-state index in [1.807, 2.05) is 6.07 Å². The molecule has 0 aromatic heterocycles. The first-order valence-electron chi connectivity index (χ1n) is 8.52. The number of rotatable bonds is 5. The zero-order valence-electron chi connectivity index (χ0n) is 15.6. The van der Waals surface area contributed by atoms with Gasteiger partial charge in [-0.1, -0.05) is 39.0 Å². The number of carbonyl (C=O) groups excluding carboxylic acids is 1. The second kappa shape index (κ2) is 7.62. The molecule has 2 rings (SSSR count). The highest BCUT2D eigenvalue weighted by molar-refractivity contribution is 6.74. The Bertz CT molecular complexity index is 587. The number of aliphatic hydroxyl groups is 1. The summed E-state index contributed by atoms with van der Waals surface area (Å²) in [7, 11) is 3.89. The van der Waals surface area contributed by atoms with Gasteiger partial charge in [0.2, 0.25) is 0 Å². The van der Waals surface area contributed by atoms with Crippen molar-refractivity contribution in [2.75, 3.05) is 6.61 Å². The third-order valence-corrected chi connectivity index (χ3v) is 9.47. The highest BCUT2D eigenvalue weighted by Crippen LogP contribution is 2.39. The first-order valence-corrected chi connectivity index (χ1v) is 11.4. The van der Waals surface area contributed by atoms with Gasteiger partial charge in [0.25, 0.3) is 0 Å². The molecule has 0 aliphatic carbocycles. The molecule has 1 aliphatic heterocycles. The molecule has 1 unspecified atom stereocenters. The molecule has 2 radical (unpaired) electrons. The number of ether oxygens (including phenoxy) is 2. The lowest BCUT2D eigenvalue weighted by atomic mass is 9.93. The molecule has 1 aromatic carbocycles. The van der Waals surface area contributed by atoms with Crippen molar-refractivity contribution < 1.29 is 23.8 Å². The summed E-state index contributed by atoms with van der Waals surface area (Å²) in [6.45, 7) is 10.5. The van der Waals surface area contributed by atoms with Crippen LogP contribution in [-0.4, -0.2) is 58.2 Å². The largest absolute Gasteiger partial charge is 0.459 e. The van der Waals surface area contributed by atoms with Gasteiger partial charge in [0.05, 0.1) is 11.7 Å². The van der Waals surface area contributed by atoms with Crippen molar-refractivity contribution in [3.63, 3.8) is 0 Å². The van der Waals surface area contributed by atoms with E-state index in [2.05, 4.69) is 33.9 Å². The van der Waals surface area contributed by atoms with Gasteiger partial charge in [-0.05, 0) is 30.3 Å². The smallest absolute Gasteiger partial charge is 0.338 e. The molecule has 7 heteroatoms. The van der Waals surface area contributed by atoms with Crippen LogP contribution in [0.2, 0.25) is 18.1 Å². The number of hydrogen-bond donors (Lipinski definition) is 1. The zero-order chi connectivity index (χ0) is 18.8. The van der Waals surface area contributed by atoms with E-state index in [1.54, 1.807) is 24.3 Å². The lowest BCUT2D eigenvalue weighted by Gasteiger charge is -2.39. The Kier molecular flexibility index (Phi) is 6.14. The summed E-state index contributed by atoms with van der Waals surface area (Å²) in [5.41, 5.74) is 0.452. The van der Waals surface area contributed by atoms with Crippen LogP contribution < -0.4 is 0 Å². The Labute approximate surface area is 152 Å². The summed E-state index contributed by atoms with van der Waals surface area (Å²) in [5.74, 6) is -0.460. The number of aliphatic hydroxyl groups excluding tert-OH is 1. The minimum Gasteiger partial charge on any atom is -0.459 e. The summed E-state index contributed by atoms with van der Waals surface area (Å²) >= 11 is 0. The number of carbonyl (C=O) groups is 1. The molecule has 5 nitrogen and oxygen atoms in total. The quantitative estimate of drug-likeness (QED) is 0.644. The minimum absolute atomic E-state index is 0.00962. The molecule has 4 atom stereocenters. The molecule has 1 fully saturated rings. The normalized spacial score (nSPS) is 27.3. The monoisotopic (exact) mass is 362 g/mol. The zero-order valence-corrected chi connectivity index (χ0v) is 16.6. The van der Waals surface area contributed by atoms with Crippen molar-refractivity contribution in [3.8, 4) is 0 Å². The molecule has 0 amide bonds. The highest BCUT2D eigenvalue weighted by Gasteiger charge is 2.48. The summed E-state index contributed by atoms with van der Waals surface area (Å²) in [5, 5.41) is 10.5. The van der Waals surface area contributed by atoms with E-state index in [-0.39, 0.29) is 11.6 Å². The van der Waals surface area contributed by atoms with E-state index < -0.39 is 38.6 Å². The first-order chi connectivity index (χ1) is 11.5. The molecular formula is C18H27BO5Si. The SMILES string of the molecule is [B][C@@H]1O[C@H](COC(=O)c2ccccc2)[C@H](O)C1O[Si](C)(C)C(C)(C)C. The predicted octanol–water partition coefficient (Wildman–Crippen LogP) is 2.49. The summed E-state index contributed by atoms with van der Waals surface area (Å²) in [6.07, 6.45) is -2.26. The van der Waals surface area contributed by atoms with Gasteiger partial charge in [0, 0.05) is 6.00 Å². The summed E-state index contributed by atoms with van der Waals surface area (Å²) < 4.78 is 17.0. The molecule has 0 bridgehead atoms. The Morgan fingerprint density at radius 3 is 2.44 bits per heavy atom. The Hall–Kier alpha value is -1.15. The molecular weight excluding hydrogens is 335 g/mol. The number of hydrogen-bond acceptors (Lipinski definition) is 5. The van der Waals surface area contributed by atoms with Crippen LogP contribution in [0.1, 0.15) is 31.1 Å². The maximum Gasteiger partial charge on any atom is 0.338 e. The van der Waals surface area contributed by atoms with Gasteiger partial charge in [-0.2, -0.15) is 0 Å². The third-order valence-electron chi connectivity index (χ3n) is 5.00. The molecule has 1 heterocycles. The Balaban J connectivity index is 1.95. The van der Waals surface area contributed by atoms with Crippen molar-refractivity contribution in [1.82, 2.24) is 0 Å². The van der Waals surface area contributed by atoms with Gasteiger partial charge in [0.1, 0.15) is 26.7 Å². The molecule has 25 heavy (non-hydrogen) atoms. The van der Waals surface area contributed by atoms with Crippen LogP contribution in [0.15, 0.2) is 30.3 Å². The van der Waals surface area contributed by atoms with E-state index in [0.29, 0.717) is 5.56 Å². The fraction of sp³-hybridized carbons (Fsp3) is 0.611. The average Bonchev–Trinajstić information content (AvgIpc) is 2.79. The number of benzene rings is 1. The third kappa shape index (κ3) is 4.73. The fourth-order valence-corrected chi connectivity index (χ4v) is 3.68. The van der Waals surface area contributed by atoms with Gasteiger partial charge in [-0.15, -0.1) is 0 Å². The van der Waals surface area contributed by atoms with E-state index in [9.17, 15) is 9.90 Å². The maximum absolute atomic E-state index is 12.0. The predicted molar refractivity (Wildman–Crippen MR) is 99.2 cm³/mol. The summed E-state index contributed by atoms with van der Waals surface area (Å²) in [4.78, 5) is 12.0. The van der Waals surface area contributed by atoms with Crippen LogP contribution >= 0.6 is 0 Å². The Morgan fingerprint density at radius 1 is 1.28 bits per heavy atom. The lowest BCUT2D eigenvalue weighted by molar-refractivity contribution is -0.0226. The van der Waals surface area contributed by atoms with Gasteiger partial charge in [-0.3, -0.25) is 0 Å². The lowest BCUT2D eigenvalue weighted by Crippen LogP contribution is -2.49. The molecule has 1 aliphatic rings. The van der Waals surface area contributed by atoms with Crippen molar-refractivity contribution in [1.29, 1.82) is 0 Å². The highest BCUT2D eigenvalue weighted by atomic mass is 28.4. The van der Waals surface area contributed by atoms with Crippen LogP contribution in [0, 0.1) is 0 Å². The topological polar surface area (TPSA) is 65.0 Å². The second-order valence-electron chi connectivity index (χ2n) is 7.94. The van der Waals surface area contributed by atoms with Crippen molar-refractivity contribution in [3.05, 3.63) is 35.9 Å². The maximum atomic E-state index is 12.0. The van der Waals surface area contributed by atoms with Gasteiger partial charge in [0.15, 0.2) is 8.32 Å². The van der Waals surface area contributed by atoms with E-state index in [1.165, 1.54) is 0 Å². The first kappa shape index (κ1) is 20.2. The number of esters is 1. The van der Waals surface area contributed by atoms with E-state index in [0.717, 1.165) is 0 Å². The fourth-order valence-electron chi connectivity index (χ4n) is 2.37. The van der Waals surface area contributed by atoms with Crippen LogP contribution in [0.4, 0.5) is 0 Å². The van der Waals surface area contributed by atoms with Crippen LogP contribution in [0.5, 0.6) is 0 Å². The van der Waals surface area contributed by atoms with E-state index in [4.69, 9.17) is 21.7 Å². The average molecular weight is 362 g/mol. The minimum atomic E-state index is -2.11. The van der Waals surface area contributed by atoms with E-state index >= 15 is 0 Å².